The number of aliphatic hydroxyl groups is 1. The first-order chi connectivity index (χ1) is 6.27. The van der Waals surface area contributed by atoms with Crippen LogP contribution in [0.2, 0.25) is 0 Å². The summed E-state index contributed by atoms with van der Waals surface area (Å²) in [6.07, 6.45) is 4.46. The number of piperidine rings is 1. The van der Waals surface area contributed by atoms with Gasteiger partial charge in [-0.15, -0.1) is 0 Å². The molecule has 1 fully saturated rings. The highest BCUT2D eigenvalue weighted by molar-refractivity contribution is 5.53. The van der Waals surface area contributed by atoms with Crippen LogP contribution in [0.1, 0.15) is 26.2 Å². The number of hydrogen-bond donors (Lipinski definition) is 1. The van der Waals surface area contributed by atoms with Crippen molar-refractivity contribution in [3.8, 4) is 0 Å². The molecule has 1 N–H and O–H groups in total. The number of likely N-dealkylation sites (tertiary alicyclic amines) is 1. The molecule has 76 valence electrons. The highest BCUT2D eigenvalue weighted by Crippen LogP contribution is 2.17. The van der Waals surface area contributed by atoms with E-state index in [1.807, 2.05) is 6.92 Å². The molecule has 0 amide bonds. The van der Waals surface area contributed by atoms with E-state index >= 15 is 0 Å². The molecule has 0 spiro atoms. The molecule has 1 aliphatic rings. The van der Waals surface area contributed by atoms with Gasteiger partial charge >= 0.3 is 0 Å². The average molecular weight is 185 g/mol. The Kier molecular flexibility index (Phi) is 4.39. The van der Waals surface area contributed by atoms with Crippen LogP contribution in [0.25, 0.3) is 0 Å². The van der Waals surface area contributed by atoms with Crippen LogP contribution >= 0.6 is 0 Å². The van der Waals surface area contributed by atoms with Crippen molar-refractivity contribution < 1.29 is 9.90 Å². The lowest BCUT2D eigenvalue weighted by Gasteiger charge is -2.35. The van der Waals surface area contributed by atoms with Gasteiger partial charge < -0.3 is 9.90 Å². The molecule has 0 saturated carbocycles. The number of aldehydes is 1. The fourth-order valence-corrected chi connectivity index (χ4v) is 1.92. The first-order valence-electron chi connectivity index (χ1n) is 5.08. The zero-order valence-electron chi connectivity index (χ0n) is 8.28. The Morgan fingerprint density at radius 2 is 2.38 bits per heavy atom. The maximum Gasteiger partial charge on any atom is 0.124 e. The van der Waals surface area contributed by atoms with Gasteiger partial charge in [0.05, 0.1) is 6.61 Å². The number of aliphatic hydroxyl groups excluding tert-OH is 1. The lowest BCUT2D eigenvalue weighted by Crippen LogP contribution is -2.44. The van der Waals surface area contributed by atoms with Gasteiger partial charge in [-0.1, -0.05) is 13.3 Å². The molecule has 3 heteroatoms. The Morgan fingerprint density at radius 1 is 1.62 bits per heavy atom. The van der Waals surface area contributed by atoms with E-state index < -0.39 is 0 Å². The molecular weight excluding hydrogens is 166 g/mol. The average Bonchev–Trinajstić information content (AvgIpc) is 2.18. The molecule has 0 aromatic heterocycles. The van der Waals surface area contributed by atoms with Crippen molar-refractivity contribution in [3.05, 3.63) is 0 Å². The summed E-state index contributed by atoms with van der Waals surface area (Å²) >= 11 is 0. The van der Waals surface area contributed by atoms with Crippen molar-refractivity contribution in [1.82, 2.24) is 4.90 Å². The summed E-state index contributed by atoms with van der Waals surface area (Å²) in [5.41, 5.74) is 0. The Hall–Kier alpha value is -0.410. The van der Waals surface area contributed by atoms with Gasteiger partial charge in [-0.05, 0) is 19.4 Å². The molecule has 1 saturated heterocycles. The monoisotopic (exact) mass is 185 g/mol. The first kappa shape index (κ1) is 10.7. The first-order valence-corrected chi connectivity index (χ1v) is 5.08. The minimum absolute atomic E-state index is 0.0900. The lowest BCUT2D eigenvalue weighted by atomic mass is 10.0. The van der Waals surface area contributed by atoms with Crippen molar-refractivity contribution in [3.63, 3.8) is 0 Å². The quantitative estimate of drug-likeness (QED) is 0.654. The summed E-state index contributed by atoms with van der Waals surface area (Å²) in [5.74, 6) is 0.0900. The number of hydrogen-bond acceptors (Lipinski definition) is 3. The largest absolute Gasteiger partial charge is 0.395 e. The van der Waals surface area contributed by atoms with Gasteiger partial charge in [0.2, 0.25) is 0 Å². The third-order valence-corrected chi connectivity index (χ3v) is 2.71. The van der Waals surface area contributed by atoms with Crippen LogP contribution in [-0.4, -0.2) is 42.0 Å². The topological polar surface area (TPSA) is 40.5 Å². The van der Waals surface area contributed by atoms with Gasteiger partial charge in [0.25, 0.3) is 0 Å². The summed E-state index contributed by atoms with van der Waals surface area (Å²) in [6, 6.07) is 0.288. The summed E-state index contributed by atoms with van der Waals surface area (Å²) in [7, 11) is 0. The Balaban J connectivity index is 2.39. The smallest absolute Gasteiger partial charge is 0.124 e. The molecule has 0 aromatic rings. The highest BCUT2D eigenvalue weighted by Gasteiger charge is 2.22. The van der Waals surface area contributed by atoms with E-state index in [4.69, 9.17) is 5.11 Å². The molecule has 2 unspecified atom stereocenters. The molecule has 0 aliphatic carbocycles. The molecule has 0 bridgehead atoms. The maximum absolute atomic E-state index is 10.5. The predicted octanol–water partition coefficient (Wildman–Crippen LogP) is 0.668. The van der Waals surface area contributed by atoms with E-state index in [0.29, 0.717) is 0 Å². The van der Waals surface area contributed by atoms with E-state index in [9.17, 15) is 4.79 Å². The second kappa shape index (κ2) is 5.35. The summed E-state index contributed by atoms with van der Waals surface area (Å²) in [5, 5.41) is 9.12. The van der Waals surface area contributed by atoms with Crippen molar-refractivity contribution in [1.29, 1.82) is 0 Å². The molecule has 13 heavy (non-hydrogen) atoms. The Labute approximate surface area is 79.7 Å². The normalized spacial score (nSPS) is 27.1. The zero-order valence-corrected chi connectivity index (χ0v) is 8.28. The number of nitrogens with zero attached hydrogens (tertiary/aromatic N) is 1. The van der Waals surface area contributed by atoms with Gasteiger partial charge in [-0.2, -0.15) is 0 Å². The zero-order chi connectivity index (χ0) is 9.68. The van der Waals surface area contributed by atoms with E-state index in [1.54, 1.807) is 0 Å². The minimum atomic E-state index is 0.0900. The molecule has 0 aromatic carbocycles. The van der Waals surface area contributed by atoms with Gasteiger partial charge in [0.15, 0.2) is 0 Å². The van der Waals surface area contributed by atoms with E-state index in [-0.39, 0.29) is 18.6 Å². The second-order valence-corrected chi connectivity index (χ2v) is 3.94. The van der Waals surface area contributed by atoms with E-state index in [2.05, 4.69) is 4.90 Å². The van der Waals surface area contributed by atoms with Gasteiger partial charge in [0.1, 0.15) is 6.29 Å². The molecule has 1 aliphatic heterocycles. The number of rotatable bonds is 4. The van der Waals surface area contributed by atoms with Crippen LogP contribution in [0.3, 0.4) is 0 Å². The molecule has 1 rings (SSSR count). The van der Waals surface area contributed by atoms with Crippen LogP contribution in [-0.2, 0) is 4.79 Å². The van der Waals surface area contributed by atoms with Crippen LogP contribution < -0.4 is 0 Å². The third kappa shape index (κ3) is 3.08. The van der Waals surface area contributed by atoms with Crippen molar-refractivity contribution in [2.24, 2.45) is 5.92 Å². The highest BCUT2D eigenvalue weighted by atomic mass is 16.3. The Morgan fingerprint density at radius 3 is 3.00 bits per heavy atom. The van der Waals surface area contributed by atoms with Crippen LogP contribution in [0, 0.1) is 5.92 Å². The SMILES string of the molecule is CC(C=O)CN1CCCCC1CO. The van der Waals surface area contributed by atoms with E-state index in [0.717, 1.165) is 25.8 Å². The van der Waals surface area contributed by atoms with Gasteiger partial charge in [0, 0.05) is 18.5 Å². The molecule has 3 nitrogen and oxygen atoms in total. The van der Waals surface area contributed by atoms with Crippen LogP contribution in [0.4, 0.5) is 0 Å². The molecule has 2 atom stereocenters. The van der Waals surface area contributed by atoms with E-state index in [1.165, 1.54) is 12.8 Å². The van der Waals surface area contributed by atoms with Crippen molar-refractivity contribution in [2.45, 2.75) is 32.2 Å². The maximum atomic E-state index is 10.5. The summed E-state index contributed by atoms with van der Waals surface area (Å²) < 4.78 is 0. The fourth-order valence-electron chi connectivity index (χ4n) is 1.92. The fraction of sp³-hybridized carbons (Fsp3) is 0.900. The molecular formula is C10H19NO2. The standard InChI is InChI=1S/C10H19NO2/c1-9(7-12)6-11-5-3-2-4-10(11)8-13/h7,9-10,13H,2-6,8H2,1H3. The summed E-state index contributed by atoms with van der Waals surface area (Å²) in [6.45, 7) is 3.99. The van der Waals surface area contributed by atoms with Gasteiger partial charge in [-0.25, -0.2) is 0 Å². The number of carbonyl (C=O) groups is 1. The number of carbonyl (C=O) groups excluding carboxylic acids is 1. The molecule has 1 heterocycles. The minimum Gasteiger partial charge on any atom is -0.395 e. The predicted molar refractivity (Wildman–Crippen MR) is 51.5 cm³/mol. The second-order valence-electron chi connectivity index (χ2n) is 3.94. The Bertz CT molecular complexity index is 161. The van der Waals surface area contributed by atoms with Crippen LogP contribution in [0.15, 0.2) is 0 Å². The molecule has 0 radical (unpaired) electrons. The van der Waals surface area contributed by atoms with Gasteiger partial charge in [-0.3, -0.25) is 4.90 Å². The van der Waals surface area contributed by atoms with Crippen molar-refractivity contribution in [2.75, 3.05) is 19.7 Å². The van der Waals surface area contributed by atoms with Crippen molar-refractivity contribution >= 4 is 6.29 Å². The third-order valence-electron chi connectivity index (χ3n) is 2.71. The summed E-state index contributed by atoms with van der Waals surface area (Å²) in [4.78, 5) is 12.7. The lowest BCUT2D eigenvalue weighted by molar-refractivity contribution is -0.111. The van der Waals surface area contributed by atoms with Crippen LogP contribution in [0.5, 0.6) is 0 Å².